The lowest BCUT2D eigenvalue weighted by Crippen LogP contribution is -2.46. The zero-order valence-corrected chi connectivity index (χ0v) is 37.4. The molecule has 7 rings (SSSR count). The van der Waals surface area contributed by atoms with Gasteiger partial charge in [-0.05, 0) is 127 Å². The van der Waals surface area contributed by atoms with Crippen molar-refractivity contribution in [1.29, 1.82) is 0 Å². The van der Waals surface area contributed by atoms with E-state index in [4.69, 9.17) is 0 Å². The summed E-state index contributed by atoms with van der Waals surface area (Å²) < 4.78 is 0. The van der Waals surface area contributed by atoms with Crippen molar-refractivity contribution in [3.8, 4) is 11.1 Å². The van der Waals surface area contributed by atoms with Crippen LogP contribution in [-0.4, -0.2) is 8.07 Å². The van der Waals surface area contributed by atoms with Crippen LogP contribution >= 0.6 is 0 Å². The Morgan fingerprint density at radius 2 is 1.20 bits per heavy atom. The first kappa shape index (κ1) is 40.0. The SMILES string of the molecule is CCCCCCC1CC2C(c3ccccc3-c3ccccc3)=CC=CC2C1[Si](C)(C)C1C(C)CC2C(c3cc(C(C)(C)C)c(C)c(C(C)(C)C)c3)=CC=CC21. The number of hydrogen-bond donors (Lipinski definition) is 0. The van der Waals surface area contributed by atoms with Crippen LogP contribution in [0.3, 0.4) is 0 Å². The van der Waals surface area contributed by atoms with Crippen molar-refractivity contribution in [2.75, 3.05) is 0 Å². The summed E-state index contributed by atoms with van der Waals surface area (Å²) in [4.78, 5) is 0. The number of unbranched alkanes of at least 4 members (excludes halogenated alkanes) is 3. The second kappa shape index (κ2) is 15.6. The maximum Gasteiger partial charge on any atom is 0.0553 e. The first-order valence-electron chi connectivity index (χ1n) is 22.2. The molecule has 3 aromatic rings. The van der Waals surface area contributed by atoms with Gasteiger partial charge < -0.3 is 0 Å². The number of benzene rings is 3. The zero-order valence-electron chi connectivity index (χ0n) is 36.4. The zero-order chi connectivity index (χ0) is 39.3. The average Bonchev–Trinajstić information content (AvgIpc) is 3.71. The molecule has 8 atom stereocenters. The summed E-state index contributed by atoms with van der Waals surface area (Å²) in [5.41, 5.74) is 15.2. The van der Waals surface area contributed by atoms with Gasteiger partial charge in [0.05, 0.1) is 8.07 Å². The van der Waals surface area contributed by atoms with Crippen LogP contribution in [0.25, 0.3) is 22.3 Å². The van der Waals surface area contributed by atoms with Gasteiger partial charge in [-0.25, -0.2) is 0 Å². The molecule has 0 saturated heterocycles. The molecule has 3 aromatic carbocycles. The molecule has 0 aliphatic heterocycles. The maximum absolute atomic E-state index is 2.86. The summed E-state index contributed by atoms with van der Waals surface area (Å²) in [5, 5.41) is 0. The molecule has 2 fully saturated rings. The highest BCUT2D eigenvalue weighted by atomic mass is 28.3. The fraction of sp³-hybridized carbons (Fsp3) is 0.519. The summed E-state index contributed by atoms with van der Waals surface area (Å²) in [7, 11) is -1.83. The van der Waals surface area contributed by atoms with Crippen molar-refractivity contribution in [2.24, 2.45) is 35.5 Å². The molecule has 0 nitrogen and oxygen atoms in total. The normalized spacial score (nSPS) is 27.8. The largest absolute Gasteiger partial charge is 0.0808 e. The minimum absolute atomic E-state index is 0.110. The Balaban J connectivity index is 1.24. The number of rotatable bonds is 10. The van der Waals surface area contributed by atoms with Crippen LogP contribution in [0.1, 0.15) is 128 Å². The average molecular weight is 749 g/mol. The molecule has 0 bridgehead atoms. The minimum Gasteiger partial charge on any atom is -0.0808 e. The standard InChI is InChI=1S/C54H72Si/c1-12-13-14-16-25-39-33-48-44(43-27-20-19-26-41(43)38-23-17-15-18-24-38)29-22-31-46(48)52(39)55(10,11)51-36(2)32-47-42(28-21-30-45(47)51)40-34-49(53(4,5)6)37(3)50(35-40)54(7,8)9/h15,17-24,26-31,34-36,39,45-48,51-52H,12-14,16,25,32-33H2,1-11H3. The van der Waals surface area contributed by atoms with Crippen LogP contribution in [0.15, 0.2) is 103 Å². The third-order valence-electron chi connectivity index (χ3n) is 14.9. The summed E-state index contributed by atoms with van der Waals surface area (Å²) in [6.07, 6.45) is 24.9. The van der Waals surface area contributed by atoms with Gasteiger partial charge in [-0.1, -0.05) is 204 Å². The van der Waals surface area contributed by atoms with Crippen molar-refractivity contribution in [3.63, 3.8) is 0 Å². The van der Waals surface area contributed by atoms with Gasteiger partial charge in [0.1, 0.15) is 0 Å². The monoisotopic (exact) mass is 749 g/mol. The van der Waals surface area contributed by atoms with E-state index < -0.39 is 8.07 Å². The van der Waals surface area contributed by atoms with Gasteiger partial charge in [-0.3, -0.25) is 0 Å². The van der Waals surface area contributed by atoms with Gasteiger partial charge in [0.15, 0.2) is 0 Å². The van der Waals surface area contributed by atoms with E-state index in [-0.39, 0.29) is 10.8 Å². The van der Waals surface area contributed by atoms with E-state index in [0.29, 0.717) is 23.7 Å². The van der Waals surface area contributed by atoms with E-state index in [2.05, 4.69) is 179 Å². The van der Waals surface area contributed by atoms with Gasteiger partial charge in [-0.15, -0.1) is 0 Å². The predicted molar refractivity (Wildman–Crippen MR) is 244 cm³/mol. The number of hydrogen-bond acceptors (Lipinski definition) is 0. The predicted octanol–water partition coefficient (Wildman–Crippen LogP) is 15.8. The Morgan fingerprint density at radius 3 is 1.82 bits per heavy atom. The fourth-order valence-electron chi connectivity index (χ4n) is 12.9. The molecule has 4 aliphatic rings. The quantitative estimate of drug-likeness (QED) is 0.143. The lowest BCUT2D eigenvalue weighted by Gasteiger charge is -2.46. The van der Waals surface area contributed by atoms with Gasteiger partial charge in [0, 0.05) is 0 Å². The molecule has 0 heterocycles. The van der Waals surface area contributed by atoms with Crippen LogP contribution < -0.4 is 0 Å². The van der Waals surface area contributed by atoms with Crippen LogP contribution in [-0.2, 0) is 10.8 Å². The van der Waals surface area contributed by atoms with Gasteiger partial charge in [0.25, 0.3) is 0 Å². The van der Waals surface area contributed by atoms with E-state index in [9.17, 15) is 0 Å². The molecule has 0 aromatic heterocycles. The number of allylic oxidation sites excluding steroid dienone is 8. The summed E-state index contributed by atoms with van der Waals surface area (Å²) >= 11 is 0. The molecule has 292 valence electrons. The Morgan fingerprint density at radius 1 is 0.636 bits per heavy atom. The molecule has 0 amide bonds. The fourth-order valence-corrected chi connectivity index (χ4v) is 19.1. The van der Waals surface area contributed by atoms with Crippen LogP contribution in [0, 0.1) is 42.4 Å². The van der Waals surface area contributed by atoms with Crippen LogP contribution in [0.5, 0.6) is 0 Å². The highest BCUT2D eigenvalue weighted by Gasteiger charge is 2.58. The molecule has 0 spiro atoms. The van der Waals surface area contributed by atoms with E-state index in [1.165, 1.54) is 83.9 Å². The minimum atomic E-state index is -1.83. The first-order valence-corrected chi connectivity index (χ1v) is 25.4. The Kier molecular flexibility index (Phi) is 11.4. The molecule has 55 heavy (non-hydrogen) atoms. The Hall–Kier alpha value is -3.16. The molecule has 0 N–H and O–H groups in total. The Labute approximate surface area is 337 Å². The van der Waals surface area contributed by atoms with E-state index in [0.717, 1.165) is 22.9 Å². The lowest BCUT2D eigenvalue weighted by atomic mass is 9.73. The molecular formula is C54H72Si. The molecule has 1 heteroatoms. The van der Waals surface area contributed by atoms with Gasteiger partial charge in [-0.2, -0.15) is 0 Å². The lowest BCUT2D eigenvalue weighted by molar-refractivity contribution is 0.433. The second-order valence-corrected chi connectivity index (χ2v) is 25.9. The van der Waals surface area contributed by atoms with Crippen molar-refractivity contribution in [3.05, 3.63) is 131 Å². The van der Waals surface area contributed by atoms with Crippen LogP contribution in [0.4, 0.5) is 0 Å². The highest BCUT2D eigenvalue weighted by molar-refractivity contribution is 6.80. The molecule has 0 radical (unpaired) electrons. The van der Waals surface area contributed by atoms with Crippen molar-refractivity contribution in [2.45, 2.75) is 142 Å². The van der Waals surface area contributed by atoms with Crippen LogP contribution in [0.2, 0.25) is 24.2 Å². The topological polar surface area (TPSA) is 0 Å². The van der Waals surface area contributed by atoms with E-state index in [1.807, 2.05) is 0 Å². The van der Waals surface area contributed by atoms with Crippen molar-refractivity contribution in [1.82, 2.24) is 0 Å². The van der Waals surface area contributed by atoms with Gasteiger partial charge in [0.2, 0.25) is 0 Å². The third-order valence-corrected chi connectivity index (χ3v) is 20.2. The molecular weight excluding hydrogens is 677 g/mol. The van der Waals surface area contributed by atoms with E-state index >= 15 is 0 Å². The van der Waals surface area contributed by atoms with Crippen molar-refractivity contribution >= 4 is 19.2 Å². The molecule has 8 unspecified atom stereocenters. The summed E-state index contributed by atoms with van der Waals surface area (Å²) in [6, 6.07) is 25.6. The smallest absolute Gasteiger partial charge is 0.0553 e. The second-order valence-electron chi connectivity index (χ2n) is 20.9. The molecule has 4 aliphatic carbocycles. The Bertz CT molecular complexity index is 1920. The summed E-state index contributed by atoms with van der Waals surface area (Å²) in [5.74, 6) is 4.02. The first-order chi connectivity index (χ1) is 26.1. The van der Waals surface area contributed by atoms with Gasteiger partial charge >= 0.3 is 0 Å². The van der Waals surface area contributed by atoms with E-state index in [1.54, 1.807) is 11.1 Å². The van der Waals surface area contributed by atoms with Crippen molar-refractivity contribution < 1.29 is 0 Å². The maximum atomic E-state index is 2.86. The highest BCUT2D eigenvalue weighted by Crippen LogP contribution is 2.66. The third kappa shape index (κ3) is 7.66. The number of fused-ring (bicyclic) bond motifs is 2. The molecule has 2 saturated carbocycles. The summed E-state index contributed by atoms with van der Waals surface area (Å²) in [6.45, 7) is 27.5.